The van der Waals surface area contributed by atoms with Gasteiger partial charge in [-0.25, -0.2) is 0 Å². The molecule has 0 radical (unpaired) electrons. The maximum absolute atomic E-state index is 9.94. The smallest absolute Gasteiger partial charge is 0.124 e. The van der Waals surface area contributed by atoms with Gasteiger partial charge in [-0.2, -0.15) is 0 Å². The Labute approximate surface area is 155 Å². The van der Waals surface area contributed by atoms with Crippen LogP contribution in [0.25, 0.3) is 0 Å². The van der Waals surface area contributed by atoms with Gasteiger partial charge >= 0.3 is 0 Å². The number of aromatic hydroxyl groups is 1. The first kappa shape index (κ1) is 17.6. The van der Waals surface area contributed by atoms with Gasteiger partial charge in [-0.15, -0.1) is 11.3 Å². The average molecular weight is 408 g/mol. The summed E-state index contributed by atoms with van der Waals surface area (Å²) in [6, 6.07) is 10.00. The molecule has 0 bridgehead atoms. The summed E-state index contributed by atoms with van der Waals surface area (Å²) in [6.07, 6.45) is 1.77. The fraction of sp³-hybridized carbons (Fsp3) is 0.389. The zero-order chi connectivity index (χ0) is 16.9. The number of benzene rings is 1. The molecule has 0 unspecified atom stereocenters. The Morgan fingerprint density at radius 1 is 1.29 bits per heavy atom. The lowest BCUT2D eigenvalue weighted by Gasteiger charge is -2.37. The third-order valence-corrected chi connectivity index (χ3v) is 5.82. The van der Waals surface area contributed by atoms with Crippen LogP contribution in [0.5, 0.6) is 5.75 Å². The number of phenolic OH excluding ortho intramolecular Hbond substituents is 1. The highest BCUT2D eigenvalue weighted by atomic mass is 79.9. The summed E-state index contributed by atoms with van der Waals surface area (Å²) in [5.41, 5.74) is 0.743. The van der Waals surface area contributed by atoms with E-state index in [-0.39, 0.29) is 5.75 Å². The van der Waals surface area contributed by atoms with Crippen LogP contribution in [0.1, 0.15) is 16.5 Å². The van der Waals surface area contributed by atoms with Crippen molar-refractivity contribution in [2.24, 2.45) is 4.99 Å². The molecule has 0 aliphatic carbocycles. The maximum Gasteiger partial charge on any atom is 0.124 e. The summed E-state index contributed by atoms with van der Waals surface area (Å²) >= 11 is 5.22. The zero-order valence-corrected chi connectivity index (χ0v) is 16.1. The van der Waals surface area contributed by atoms with E-state index in [1.54, 1.807) is 23.6 Å². The quantitative estimate of drug-likeness (QED) is 0.769. The molecule has 1 aromatic heterocycles. The van der Waals surface area contributed by atoms with Gasteiger partial charge in [0.2, 0.25) is 0 Å². The zero-order valence-electron chi connectivity index (χ0n) is 13.7. The van der Waals surface area contributed by atoms with Gasteiger partial charge in [0.15, 0.2) is 0 Å². The van der Waals surface area contributed by atoms with Crippen LogP contribution in [-0.2, 0) is 0 Å². The molecule has 128 valence electrons. The molecule has 1 aliphatic rings. The van der Waals surface area contributed by atoms with E-state index in [9.17, 15) is 5.11 Å². The number of likely N-dealkylation sites (N-methyl/N-ethyl adjacent to an activating group) is 1. The largest absolute Gasteiger partial charge is 0.507 e. The van der Waals surface area contributed by atoms with Gasteiger partial charge in [0, 0.05) is 47.3 Å². The van der Waals surface area contributed by atoms with Gasteiger partial charge in [-0.3, -0.25) is 9.89 Å². The van der Waals surface area contributed by atoms with Crippen molar-refractivity contribution in [3.05, 3.63) is 50.6 Å². The van der Waals surface area contributed by atoms with Crippen molar-refractivity contribution >= 4 is 33.5 Å². The number of rotatable bonds is 5. The molecule has 1 N–H and O–H groups in total. The molecule has 1 aliphatic heterocycles. The monoisotopic (exact) mass is 407 g/mol. The molecule has 1 fully saturated rings. The molecule has 0 amide bonds. The molecule has 4 nitrogen and oxygen atoms in total. The highest BCUT2D eigenvalue weighted by Crippen LogP contribution is 2.27. The maximum atomic E-state index is 9.94. The van der Waals surface area contributed by atoms with Crippen molar-refractivity contribution in [3.8, 4) is 5.75 Å². The van der Waals surface area contributed by atoms with E-state index in [2.05, 4.69) is 55.3 Å². The summed E-state index contributed by atoms with van der Waals surface area (Å²) in [5, 5.41) is 12.1. The van der Waals surface area contributed by atoms with Crippen molar-refractivity contribution in [3.63, 3.8) is 0 Å². The second kappa shape index (κ2) is 8.25. The number of hydrogen-bond donors (Lipinski definition) is 1. The van der Waals surface area contributed by atoms with Crippen molar-refractivity contribution < 1.29 is 5.11 Å². The highest BCUT2D eigenvalue weighted by molar-refractivity contribution is 9.10. The number of halogens is 1. The Kier molecular flexibility index (Phi) is 6.05. The van der Waals surface area contributed by atoms with Gasteiger partial charge < -0.3 is 10.0 Å². The number of thiophene rings is 1. The molecule has 0 saturated carbocycles. The molecule has 24 heavy (non-hydrogen) atoms. The Balaban J connectivity index is 1.72. The minimum Gasteiger partial charge on any atom is -0.507 e. The standard InChI is InChI=1S/C18H22BrN3OS/c1-21-6-8-22(9-7-21)16(18-3-2-10-24-18)13-20-12-14-11-15(19)4-5-17(14)23/h2-5,10-12,16,23H,6-9,13H2,1H3/t16-/m0/s1. The van der Waals surface area contributed by atoms with Crippen LogP contribution < -0.4 is 0 Å². The summed E-state index contributed by atoms with van der Waals surface area (Å²) in [4.78, 5) is 10.9. The first-order valence-corrected chi connectivity index (χ1v) is 9.75. The highest BCUT2D eigenvalue weighted by Gasteiger charge is 2.24. The van der Waals surface area contributed by atoms with E-state index in [0.29, 0.717) is 12.6 Å². The fourth-order valence-corrected chi connectivity index (χ4v) is 4.11. The molecule has 1 aromatic carbocycles. The first-order chi connectivity index (χ1) is 11.6. The third-order valence-electron chi connectivity index (χ3n) is 4.35. The van der Waals surface area contributed by atoms with Crippen LogP contribution in [0.3, 0.4) is 0 Å². The molecule has 2 aromatic rings. The normalized spacial score (nSPS) is 18.2. The third kappa shape index (κ3) is 4.45. The fourth-order valence-electron chi connectivity index (χ4n) is 2.88. The lowest BCUT2D eigenvalue weighted by Crippen LogP contribution is -2.46. The molecule has 1 atom stereocenters. The Morgan fingerprint density at radius 3 is 2.79 bits per heavy atom. The molecular weight excluding hydrogens is 386 g/mol. The van der Waals surface area contributed by atoms with Crippen LogP contribution in [0.2, 0.25) is 0 Å². The first-order valence-electron chi connectivity index (χ1n) is 8.08. The van der Waals surface area contributed by atoms with E-state index >= 15 is 0 Å². The molecule has 6 heteroatoms. The second-order valence-electron chi connectivity index (χ2n) is 6.07. The summed E-state index contributed by atoms with van der Waals surface area (Å²) in [5.74, 6) is 0.259. The van der Waals surface area contributed by atoms with Gasteiger partial charge in [0.05, 0.1) is 12.6 Å². The van der Waals surface area contributed by atoms with E-state index in [1.807, 2.05) is 12.1 Å². The van der Waals surface area contributed by atoms with Crippen LogP contribution in [0.15, 0.2) is 45.2 Å². The minimum atomic E-state index is 0.259. The number of phenols is 1. The van der Waals surface area contributed by atoms with E-state index in [1.165, 1.54) is 4.88 Å². The van der Waals surface area contributed by atoms with Gasteiger partial charge in [-0.05, 0) is 36.7 Å². The van der Waals surface area contributed by atoms with Crippen molar-refractivity contribution in [1.29, 1.82) is 0 Å². The Hall–Kier alpha value is -1.21. The molecular formula is C18H22BrN3OS. The number of piperazine rings is 1. The Morgan fingerprint density at radius 2 is 2.08 bits per heavy atom. The van der Waals surface area contributed by atoms with Crippen molar-refractivity contribution in [2.45, 2.75) is 6.04 Å². The Bertz CT molecular complexity index is 682. The number of hydrogen-bond acceptors (Lipinski definition) is 5. The van der Waals surface area contributed by atoms with Gasteiger partial charge in [-0.1, -0.05) is 22.0 Å². The van der Waals surface area contributed by atoms with Gasteiger partial charge in [0.1, 0.15) is 5.75 Å². The summed E-state index contributed by atoms with van der Waals surface area (Å²) < 4.78 is 0.940. The van der Waals surface area contributed by atoms with E-state index < -0.39 is 0 Å². The molecule has 3 rings (SSSR count). The number of aliphatic imine (C=N–C) groups is 1. The SMILES string of the molecule is CN1CCN([C@@H](CN=Cc2cc(Br)ccc2O)c2cccs2)CC1. The minimum absolute atomic E-state index is 0.259. The second-order valence-corrected chi connectivity index (χ2v) is 7.96. The van der Waals surface area contributed by atoms with Crippen molar-refractivity contribution in [1.82, 2.24) is 9.80 Å². The van der Waals surface area contributed by atoms with Crippen LogP contribution >= 0.6 is 27.3 Å². The average Bonchev–Trinajstić information content (AvgIpc) is 3.10. The van der Waals surface area contributed by atoms with Gasteiger partial charge in [0.25, 0.3) is 0 Å². The molecule has 1 saturated heterocycles. The molecule has 0 spiro atoms. The lowest BCUT2D eigenvalue weighted by atomic mass is 10.1. The molecule has 2 heterocycles. The van der Waals surface area contributed by atoms with Crippen LogP contribution in [0, 0.1) is 0 Å². The summed E-state index contributed by atoms with van der Waals surface area (Å²) in [7, 11) is 2.17. The predicted octanol–water partition coefficient (Wildman–Crippen LogP) is 3.62. The van der Waals surface area contributed by atoms with Crippen molar-refractivity contribution in [2.75, 3.05) is 39.8 Å². The topological polar surface area (TPSA) is 39.1 Å². The number of nitrogens with zero attached hydrogens (tertiary/aromatic N) is 3. The van der Waals surface area contributed by atoms with E-state index in [0.717, 1.165) is 36.2 Å². The predicted molar refractivity (Wildman–Crippen MR) is 104 cm³/mol. The van der Waals surface area contributed by atoms with Crippen LogP contribution in [-0.4, -0.2) is 60.9 Å². The summed E-state index contributed by atoms with van der Waals surface area (Å²) in [6.45, 7) is 5.03. The van der Waals surface area contributed by atoms with E-state index in [4.69, 9.17) is 0 Å². The lowest BCUT2D eigenvalue weighted by molar-refractivity contribution is 0.116. The van der Waals surface area contributed by atoms with Crippen LogP contribution in [0.4, 0.5) is 0 Å².